The summed E-state index contributed by atoms with van der Waals surface area (Å²) in [7, 11) is 1.49. The SMILES string of the molecule is CCc1ccc(-c2noc(C3=C(C)N(c4ccc(C)cc4)C(=O)NC3c3ccc(OC)c(O)c3)n2)cc1. The Bertz CT molecular complexity index is 1470. The number of methoxy groups -OCH3 is 1. The number of aromatic nitrogens is 2. The van der Waals surface area contributed by atoms with E-state index in [0.717, 1.165) is 17.5 Å². The Morgan fingerprint density at radius 3 is 2.43 bits per heavy atom. The molecule has 188 valence electrons. The highest BCUT2D eigenvalue weighted by molar-refractivity contribution is 6.01. The highest BCUT2D eigenvalue weighted by Crippen LogP contribution is 2.41. The van der Waals surface area contributed by atoms with Crippen LogP contribution in [0.5, 0.6) is 11.5 Å². The maximum absolute atomic E-state index is 13.4. The van der Waals surface area contributed by atoms with Gasteiger partial charge in [0.15, 0.2) is 11.5 Å². The predicted octanol–water partition coefficient (Wildman–Crippen LogP) is 6.02. The van der Waals surface area contributed by atoms with Gasteiger partial charge in [0, 0.05) is 11.3 Å². The van der Waals surface area contributed by atoms with Crippen molar-refractivity contribution in [2.75, 3.05) is 12.0 Å². The summed E-state index contributed by atoms with van der Waals surface area (Å²) in [5, 5.41) is 17.7. The number of hydrogen-bond donors (Lipinski definition) is 2. The Labute approximate surface area is 215 Å². The Hall–Kier alpha value is -4.59. The first-order valence-electron chi connectivity index (χ1n) is 12.1. The largest absolute Gasteiger partial charge is 0.504 e. The number of phenolic OH excluding ortho intramolecular Hbond substituents is 1. The molecule has 0 spiro atoms. The molecule has 1 aliphatic rings. The van der Waals surface area contributed by atoms with Gasteiger partial charge in [0.1, 0.15) is 0 Å². The van der Waals surface area contributed by atoms with E-state index in [2.05, 4.69) is 17.4 Å². The third-order valence-electron chi connectivity index (χ3n) is 6.59. The van der Waals surface area contributed by atoms with Crippen LogP contribution in [0.1, 0.15) is 42.5 Å². The number of carbonyl (C=O) groups excluding carboxylic acids is 1. The lowest BCUT2D eigenvalue weighted by Crippen LogP contribution is -2.46. The summed E-state index contributed by atoms with van der Waals surface area (Å²) in [5.41, 5.74) is 5.78. The zero-order valence-electron chi connectivity index (χ0n) is 21.1. The first kappa shape index (κ1) is 24.1. The van der Waals surface area contributed by atoms with E-state index in [-0.39, 0.29) is 17.7 Å². The van der Waals surface area contributed by atoms with Gasteiger partial charge in [0.25, 0.3) is 5.89 Å². The van der Waals surface area contributed by atoms with Gasteiger partial charge >= 0.3 is 6.03 Å². The minimum Gasteiger partial charge on any atom is -0.504 e. The molecule has 0 aliphatic carbocycles. The number of carbonyl (C=O) groups is 1. The molecule has 2 heterocycles. The molecule has 0 saturated heterocycles. The van der Waals surface area contributed by atoms with Crippen LogP contribution in [0.3, 0.4) is 0 Å². The number of aromatic hydroxyl groups is 1. The van der Waals surface area contributed by atoms with Crippen molar-refractivity contribution in [2.24, 2.45) is 0 Å². The van der Waals surface area contributed by atoms with Gasteiger partial charge in [-0.3, -0.25) is 4.90 Å². The first-order valence-corrected chi connectivity index (χ1v) is 12.1. The van der Waals surface area contributed by atoms with Gasteiger partial charge in [-0.1, -0.05) is 60.1 Å². The monoisotopic (exact) mass is 496 g/mol. The quantitative estimate of drug-likeness (QED) is 0.338. The Morgan fingerprint density at radius 1 is 1.05 bits per heavy atom. The van der Waals surface area contributed by atoms with E-state index in [4.69, 9.17) is 14.2 Å². The molecule has 4 aromatic rings. The van der Waals surface area contributed by atoms with Gasteiger partial charge in [-0.05, 0) is 55.7 Å². The summed E-state index contributed by atoms with van der Waals surface area (Å²) in [4.78, 5) is 19.7. The van der Waals surface area contributed by atoms with Crippen LogP contribution in [0.4, 0.5) is 10.5 Å². The average Bonchev–Trinajstić information content (AvgIpc) is 3.39. The van der Waals surface area contributed by atoms with Crippen LogP contribution >= 0.6 is 0 Å². The van der Waals surface area contributed by atoms with Crippen molar-refractivity contribution in [3.63, 3.8) is 0 Å². The van der Waals surface area contributed by atoms with Crippen LogP contribution in [0.15, 0.2) is 77.0 Å². The molecule has 5 rings (SSSR count). The maximum atomic E-state index is 13.4. The molecular formula is C29H28N4O4. The van der Waals surface area contributed by atoms with E-state index in [9.17, 15) is 9.90 Å². The summed E-state index contributed by atoms with van der Waals surface area (Å²) < 4.78 is 11.0. The molecule has 0 radical (unpaired) electrons. The van der Waals surface area contributed by atoms with Crippen molar-refractivity contribution in [2.45, 2.75) is 33.2 Å². The van der Waals surface area contributed by atoms with Crippen molar-refractivity contribution in [1.29, 1.82) is 0 Å². The van der Waals surface area contributed by atoms with E-state index >= 15 is 0 Å². The molecule has 3 aromatic carbocycles. The standard InChI is InChI=1S/C29H28N4O4/c1-5-19-8-10-20(11-9-19)27-31-28(37-32-27)25-18(3)33(22-13-6-17(2)7-14-22)29(35)30-26(25)21-12-15-24(36-4)23(34)16-21/h6-16,26,34H,5H2,1-4H3,(H,30,35). The van der Waals surface area contributed by atoms with Crippen LogP contribution < -0.4 is 15.0 Å². The second-order valence-electron chi connectivity index (χ2n) is 8.96. The topological polar surface area (TPSA) is 101 Å². The van der Waals surface area contributed by atoms with E-state index < -0.39 is 6.04 Å². The Morgan fingerprint density at radius 2 is 1.78 bits per heavy atom. The number of aryl methyl sites for hydroxylation is 2. The lowest BCUT2D eigenvalue weighted by atomic mass is 9.94. The van der Waals surface area contributed by atoms with Crippen LogP contribution in [0.2, 0.25) is 0 Å². The number of amides is 2. The molecule has 0 fully saturated rings. The summed E-state index contributed by atoms with van der Waals surface area (Å²) in [6.45, 7) is 5.95. The first-order chi connectivity index (χ1) is 17.9. The third kappa shape index (κ3) is 4.53. The molecule has 1 atom stereocenters. The molecule has 2 N–H and O–H groups in total. The lowest BCUT2D eigenvalue weighted by molar-refractivity contribution is 0.244. The van der Waals surface area contributed by atoms with Crippen LogP contribution in [-0.2, 0) is 6.42 Å². The van der Waals surface area contributed by atoms with Crippen LogP contribution in [0.25, 0.3) is 17.0 Å². The molecule has 0 saturated carbocycles. The average molecular weight is 497 g/mol. The number of allylic oxidation sites excluding steroid dienone is 1. The zero-order chi connectivity index (χ0) is 26.1. The van der Waals surface area contributed by atoms with Gasteiger partial charge < -0.3 is 19.7 Å². The minimum atomic E-state index is -0.637. The van der Waals surface area contributed by atoms with Crippen molar-refractivity contribution in [1.82, 2.24) is 15.5 Å². The second kappa shape index (κ2) is 9.81. The molecule has 8 heteroatoms. The van der Waals surface area contributed by atoms with Crippen molar-refractivity contribution in [3.05, 3.63) is 95.0 Å². The molecule has 2 amide bonds. The van der Waals surface area contributed by atoms with Crippen LogP contribution in [0, 0.1) is 6.92 Å². The molecule has 1 unspecified atom stereocenters. The van der Waals surface area contributed by atoms with E-state index in [0.29, 0.717) is 34.1 Å². The molecule has 8 nitrogen and oxygen atoms in total. The minimum absolute atomic E-state index is 0.0329. The van der Waals surface area contributed by atoms with Crippen molar-refractivity contribution in [3.8, 4) is 22.9 Å². The molecular weight excluding hydrogens is 468 g/mol. The smallest absolute Gasteiger partial charge is 0.326 e. The number of nitrogens with zero attached hydrogens (tertiary/aromatic N) is 3. The number of rotatable bonds is 6. The van der Waals surface area contributed by atoms with Crippen LogP contribution in [-0.4, -0.2) is 28.4 Å². The third-order valence-corrected chi connectivity index (χ3v) is 6.59. The maximum Gasteiger partial charge on any atom is 0.326 e. The highest BCUT2D eigenvalue weighted by Gasteiger charge is 2.36. The Balaban J connectivity index is 1.63. The highest BCUT2D eigenvalue weighted by atomic mass is 16.5. The van der Waals surface area contributed by atoms with Gasteiger partial charge in [-0.25, -0.2) is 4.79 Å². The molecule has 1 aromatic heterocycles. The van der Waals surface area contributed by atoms with Gasteiger partial charge in [-0.15, -0.1) is 0 Å². The normalized spacial score (nSPS) is 15.6. The molecule has 1 aliphatic heterocycles. The number of benzene rings is 3. The lowest BCUT2D eigenvalue weighted by Gasteiger charge is -2.35. The van der Waals surface area contributed by atoms with Gasteiger partial charge in [0.05, 0.1) is 24.4 Å². The fourth-order valence-corrected chi connectivity index (χ4v) is 4.50. The van der Waals surface area contributed by atoms with E-state index in [1.807, 2.05) is 62.4 Å². The number of anilines is 1. The molecule has 37 heavy (non-hydrogen) atoms. The fourth-order valence-electron chi connectivity index (χ4n) is 4.50. The predicted molar refractivity (Wildman–Crippen MR) is 141 cm³/mol. The number of nitrogens with one attached hydrogen (secondary N) is 1. The van der Waals surface area contributed by atoms with Crippen molar-refractivity contribution >= 4 is 17.3 Å². The Kier molecular flexibility index (Phi) is 6.40. The van der Waals surface area contributed by atoms with E-state index in [1.165, 1.54) is 12.7 Å². The number of ether oxygens (including phenoxy) is 1. The second-order valence-corrected chi connectivity index (χ2v) is 8.96. The molecule has 0 bridgehead atoms. The van der Waals surface area contributed by atoms with Crippen molar-refractivity contribution < 1.29 is 19.2 Å². The number of hydrogen-bond acceptors (Lipinski definition) is 6. The zero-order valence-corrected chi connectivity index (χ0v) is 21.1. The summed E-state index contributed by atoms with van der Waals surface area (Å²) in [6.07, 6.45) is 0.939. The number of urea groups is 1. The summed E-state index contributed by atoms with van der Waals surface area (Å²) >= 11 is 0. The summed E-state index contributed by atoms with van der Waals surface area (Å²) in [5.74, 6) is 1.04. The fraction of sp³-hybridized carbons (Fsp3) is 0.207. The van der Waals surface area contributed by atoms with Gasteiger partial charge in [0.2, 0.25) is 5.82 Å². The summed E-state index contributed by atoms with van der Waals surface area (Å²) in [6, 6.07) is 19.8. The number of phenols is 1. The van der Waals surface area contributed by atoms with Gasteiger partial charge in [-0.2, -0.15) is 4.98 Å². The van der Waals surface area contributed by atoms with E-state index in [1.54, 1.807) is 23.1 Å².